The summed E-state index contributed by atoms with van der Waals surface area (Å²) in [5.74, 6) is 0.324. The van der Waals surface area contributed by atoms with Crippen LogP contribution in [0.15, 0.2) is 54.4 Å². The van der Waals surface area contributed by atoms with Crippen molar-refractivity contribution in [2.24, 2.45) is 0 Å². The molecule has 0 aliphatic heterocycles. The first-order chi connectivity index (χ1) is 12.3. The maximum atomic E-state index is 13.2. The van der Waals surface area contributed by atoms with E-state index in [2.05, 4.69) is 20.3 Å². The van der Waals surface area contributed by atoms with Gasteiger partial charge in [0.25, 0.3) is 0 Å². The maximum absolute atomic E-state index is 13.2. The van der Waals surface area contributed by atoms with Crippen molar-refractivity contribution in [2.75, 3.05) is 0 Å². The number of nitrogens with zero attached hydrogens (tertiary/aromatic N) is 3. The zero-order valence-electron chi connectivity index (χ0n) is 13.3. The molecule has 3 heterocycles. The van der Waals surface area contributed by atoms with Crippen LogP contribution in [0, 0.1) is 5.82 Å². The molecule has 5 heteroatoms. The summed E-state index contributed by atoms with van der Waals surface area (Å²) in [6, 6.07) is 8.61. The second-order valence-corrected chi connectivity index (χ2v) is 7.17. The third-order valence-electron chi connectivity index (χ3n) is 4.61. The van der Waals surface area contributed by atoms with Crippen molar-refractivity contribution in [1.82, 2.24) is 15.0 Å². The highest BCUT2D eigenvalue weighted by Gasteiger charge is 2.28. The molecule has 0 saturated heterocycles. The van der Waals surface area contributed by atoms with Gasteiger partial charge in [-0.05, 0) is 36.6 Å². The Morgan fingerprint density at radius 1 is 0.960 bits per heavy atom. The van der Waals surface area contributed by atoms with E-state index in [0.29, 0.717) is 5.92 Å². The normalized spacial score (nSPS) is 14.1. The fraction of sp³-hybridized carbons (Fsp3) is 0.150. The molecule has 0 amide bonds. The van der Waals surface area contributed by atoms with E-state index in [0.717, 1.165) is 38.2 Å². The van der Waals surface area contributed by atoms with Crippen LogP contribution in [-0.2, 0) is 0 Å². The third-order valence-corrected chi connectivity index (χ3v) is 5.61. The Hall–Kier alpha value is -2.66. The molecule has 1 fully saturated rings. The van der Waals surface area contributed by atoms with Crippen molar-refractivity contribution in [1.29, 1.82) is 0 Å². The Morgan fingerprint density at radius 3 is 2.60 bits per heavy atom. The van der Waals surface area contributed by atoms with Gasteiger partial charge in [0, 0.05) is 40.4 Å². The first kappa shape index (κ1) is 14.7. The van der Waals surface area contributed by atoms with Crippen LogP contribution in [0.2, 0.25) is 0 Å². The highest BCUT2D eigenvalue weighted by molar-refractivity contribution is 7.18. The second kappa shape index (κ2) is 5.70. The van der Waals surface area contributed by atoms with Crippen LogP contribution in [0.1, 0.15) is 24.5 Å². The third kappa shape index (κ3) is 2.51. The van der Waals surface area contributed by atoms with Crippen LogP contribution in [0.3, 0.4) is 0 Å². The minimum absolute atomic E-state index is 0.229. The second-order valence-electron chi connectivity index (χ2n) is 6.29. The molecule has 1 aromatic carbocycles. The summed E-state index contributed by atoms with van der Waals surface area (Å²) >= 11 is 1.66. The smallest absolute Gasteiger partial charge is 0.123 e. The lowest BCUT2D eigenvalue weighted by atomic mass is 10.0. The average molecular weight is 347 g/mol. The number of hydrogen-bond donors (Lipinski definition) is 0. The molecule has 0 N–H and O–H groups in total. The van der Waals surface area contributed by atoms with Crippen molar-refractivity contribution >= 4 is 21.6 Å². The van der Waals surface area contributed by atoms with Crippen molar-refractivity contribution in [3.63, 3.8) is 0 Å². The summed E-state index contributed by atoms with van der Waals surface area (Å²) in [6.07, 6.45) is 7.77. The molecule has 25 heavy (non-hydrogen) atoms. The van der Waals surface area contributed by atoms with Crippen LogP contribution in [0.4, 0.5) is 4.39 Å². The number of fused-ring (bicyclic) bond motifs is 1. The predicted octanol–water partition coefficient (Wildman–Crippen LogP) is 5.44. The highest BCUT2D eigenvalue weighted by Crippen LogP contribution is 2.45. The molecular formula is C20H14FN3S. The molecule has 3 aromatic heterocycles. The molecule has 1 aliphatic carbocycles. The van der Waals surface area contributed by atoms with Gasteiger partial charge in [-0.3, -0.25) is 4.98 Å². The standard InChI is InChI=1S/C20H14FN3S/c21-14-5-3-12(4-6-14)17-10-25-20-15(7-8-23-19(17)20)16-9-22-11-24-18(16)13-1-2-13/h3-11,13H,1-2H2. The lowest BCUT2D eigenvalue weighted by Gasteiger charge is -2.08. The summed E-state index contributed by atoms with van der Waals surface area (Å²) in [7, 11) is 0. The fourth-order valence-electron chi connectivity index (χ4n) is 3.21. The number of aromatic nitrogens is 3. The summed E-state index contributed by atoms with van der Waals surface area (Å²) in [5.41, 5.74) is 6.32. The molecule has 4 aromatic rings. The molecule has 0 spiro atoms. The van der Waals surface area contributed by atoms with Gasteiger partial charge in [0.05, 0.1) is 15.9 Å². The Labute approximate surface area is 148 Å². The summed E-state index contributed by atoms with van der Waals surface area (Å²) in [5, 5.41) is 2.09. The number of rotatable bonds is 3. The van der Waals surface area contributed by atoms with Crippen LogP contribution in [0.5, 0.6) is 0 Å². The van der Waals surface area contributed by atoms with E-state index in [4.69, 9.17) is 0 Å². The van der Waals surface area contributed by atoms with E-state index >= 15 is 0 Å². The minimum Gasteiger partial charge on any atom is -0.255 e. The molecule has 1 saturated carbocycles. The van der Waals surface area contributed by atoms with Gasteiger partial charge in [0.15, 0.2) is 0 Å². The zero-order valence-corrected chi connectivity index (χ0v) is 14.1. The van der Waals surface area contributed by atoms with E-state index in [1.54, 1.807) is 29.8 Å². The number of pyridine rings is 1. The van der Waals surface area contributed by atoms with Gasteiger partial charge in [-0.1, -0.05) is 12.1 Å². The van der Waals surface area contributed by atoms with Gasteiger partial charge in [0.1, 0.15) is 12.1 Å². The first-order valence-electron chi connectivity index (χ1n) is 8.23. The van der Waals surface area contributed by atoms with Gasteiger partial charge < -0.3 is 0 Å². The Balaban J connectivity index is 1.70. The number of thiophene rings is 1. The van der Waals surface area contributed by atoms with Gasteiger partial charge in [-0.2, -0.15) is 0 Å². The number of benzene rings is 1. The van der Waals surface area contributed by atoms with Crippen molar-refractivity contribution < 1.29 is 4.39 Å². The molecule has 0 unspecified atom stereocenters. The first-order valence-corrected chi connectivity index (χ1v) is 9.11. The SMILES string of the molecule is Fc1ccc(-c2csc3c(-c4cncnc4C4CC4)ccnc23)cc1. The van der Waals surface area contributed by atoms with E-state index in [1.165, 1.54) is 25.0 Å². The Morgan fingerprint density at radius 2 is 1.80 bits per heavy atom. The quantitative estimate of drug-likeness (QED) is 0.495. The maximum Gasteiger partial charge on any atom is 0.123 e. The van der Waals surface area contributed by atoms with Crippen LogP contribution < -0.4 is 0 Å². The van der Waals surface area contributed by atoms with Crippen LogP contribution in [0.25, 0.3) is 32.5 Å². The van der Waals surface area contributed by atoms with Gasteiger partial charge in [0.2, 0.25) is 0 Å². The fourth-order valence-corrected chi connectivity index (χ4v) is 4.27. The van der Waals surface area contributed by atoms with Crippen LogP contribution in [-0.4, -0.2) is 15.0 Å². The average Bonchev–Trinajstić information content (AvgIpc) is 3.41. The van der Waals surface area contributed by atoms with Crippen molar-refractivity contribution in [3.8, 4) is 22.3 Å². The van der Waals surface area contributed by atoms with Gasteiger partial charge >= 0.3 is 0 Å². The van der Waals surface area contributed by atoms with E-state index in [-0.39, 0.29) is 5.82 Å². The molecule has 0 radical (unpaired) electrons. The lowest BCUT2D eigenvalue weighted by Crippen LogP contribution is -1.93. The molecule has 3 nitrogen and oxygen atoms in total. The van der Waals surface area contributed by atoms with E-state index in [1.807, 2.05) is 18.5 Å². The van der Waals surface area contributed by atoms with Crippen molar-refractivity contribution in [3.05, 3.63) is 65.9 Å². The highest BCUT2D eigenvalue weighted by atomic mass is 32.1. The van der Waals surface area contributed by atoms with Crippen LogP contribution >= 0.6 is 11.3 Å². The Kier molecular flexibility index (Phi) is 3.35. The van der Waals surface area contributed by atoms with Gasteiger partial charge in [-0.15, -0.1) is 11.3 Å². The monoisotopic (exact) mass is 347 g/mol. The minimum atomic E-state index is -0.229. The Bertz CT molecular complexity index is 1070. The van der Waals surface area contributed by atoms with Crippen molar-refractivity contribution in [2.45, 2.75) is 18.8 Å². The summed E-state index contributed by atoms with van der Waals surface area (Å²) in [6.45, 7) is 0. The predicted molar refractivity (Wildman–Crippen MR) is 98.0 cm³/mol. The molecule has 122 valence electrons. The summed E-state index contributed by atoms with van der Waals surface area (Å²) in [4.78, 5) is 13.4. The topological polar surface area (TPSA) is 38.7 Å². The zero-order chi connectivity index (χ0) is 16.8. The van der Waals surface area contributed by atoms with E-state index in [9.17, 15) is 4.39 Å². The molecule has 0 bridgehead atoms. The summed E-state index contributed by atoms with van der Waals surface area (Å²) < 4.78 is 14.4. The number of hydrogen-bond acceptors (Lipinski definition) is 4. The lowest BCUT2D eigenvalue weighted by molar-refractivity contribution is 0.628. The molecule has 0 atom stereocenters. The largest absolute Gasteiger partial charge is 0.255 e. The number of halogens is 1. The molecular weight excluding hydrogens is 333 g/mol. The molecule has 1 aliphatic rings. The van der Waals surface area contributed by atoms with E-state index < -0.39 is 0 Å². The van der Waals surface area contributed by atoms with Gasteiger partial charge in [-0.25, -0.2) is 14.4 Å². The molecule has 5 rings (SSSR count).